The molecule has 0 aromatic heterocycles. The second-order valence-electron chi connectivity index (χ2n) is 5.91. The number of hydrogen-bond donors (Lipinski definition) is 1. The lowest BCUT2D eigenvalue weighted by Crippen LogP contribution is -2.52. The van der Waals surface area contributed by atoms with Crippen molar-refractivity contribution in [1.82, 2.24) is 10.2 Å². The fourth-order valence-corrected chi connectivity index (χ4v) is 3.18. The van der Waals surface area contributed by atoms with Crippen molar-refractivity contribution in [3.05, 3.63) is 34.9 Å². The van der Waals surface area contributed by atoms with Crippen LogP contribution in [-0.4, -0.2) is 30.6 Å². The molecule has 108 valence electrons. The number of nitrogens with one attached hydrogen (secondary N) is 1. The molecular formula is C17H30N2. The molecule has 0 saturated carbocycles. The van der Waals surface area contributed by atoms with Gasteiger partial charge in [-0.1, -0.05) is 37.6 Å². The van der Waals surface area contributed by atoms with Crippen LogP contribution in [0.4, 0.5) is 0 Å². The monoisotopic (exact) mass is 262 g/mol. The van der Waals surface area contributed by atoms with Gasteiger partial charge in [-0.3, -0.25) is 4.90 Å². The van der Waals surface area contributed by atoms with E-state index in [0.29, 0.717) is 6.04 Å². The summed E-state index contributed by atoms with van der Waals surface area (Å²) in [6.07, 6.45) is 0. The van der Waals surface area contributed by atoms with Gasteiger partial charge in [-0.25, -0.2) is 0 Å². The molecule has 19 heavy (non-hydrogen) atoms. The molecule has 1 N–H and O–H groups in total. The largest absolute Gasteiger partial charge is 0.311 e. The molecule has 0 heterocycles. The number of hydrogen-bond acceptors (Lipinski definition) is 2. The van der Waals surface area contributed by atoms with E-state index in [1.54, 1.807) is 0 Å². The molecule has 0 amide bonds. The Morgan fingerprint density at radius 1 is 1.16 bits per heavy atom. The van der Waals surface area contributed by atoms with E-state index in [0.717, 1.165) is 13.1 Å². The number of aryl methyl sites for hydroxylation is 2. The highest BCUT2D eigenvalue weighted by Gasteiger charge is 2.34. The molecule has 0 aliphatic rings. The van der Waals surface area contributed by atoms with Crippen LogP contribution in [0, 0.1) is 13.8 Å². The summed E-state index contributed by atoms with van der Waals surface area (Å²) >= 11 is 0. The number of rotatable bonds is 6. The third-order valence-electron chi connectivity index (χ3n) is 4.32. The SMILES string of the molecule is CCN(CC)C(C)(C)C(NC)c1cc(C)ccc1C. The van der Waals surface area contributed by atoms with Crippen LogP contribution in [-0.2, 0) is 0 Å². The molecule has 1 unspecified atom stereocenters. The zero-order valence-electron chi connectivity index (χ0n) is 13.7. The molecule has 1 rings (SSSR count). The van der Waals surface area contributed by atoms with Crippen LogP contribution in [0.5, 0.6) is 0 Å². The van der Waals surface area contributed by atoms with Gasteiger partial charge in [0.15, 0.2) is 0 Å². The van der Waals surface area contributed by atoms with E-state index in [4.69, 9.17) is 0 Å². The van der Waals surface area contributed by atoms with E-state index in [2.05, 4.69) is 77.0 Å². The first kappa shape index (κ1) is 16.2. The molecule has 0 aliphatic carbocycles. The highest BCUT2D eigenvalue weighted by atomic mass is 15.2. The maximum atomic E-state index is 3.53. The van der Waals surface area contributed by atoms with Crippen molar-refractivity contribution in [1.29, 1.82) is 0 Å². The lowest BCUT2D eigenvalue weighted by molar-refractivity contribution is 0.0942. The normalized spacial score (nSPS) is 13.9. The summed E-state index contributed by atoms with van der Waals surface area (Å²) < 4.78 is 0. The summed E-state index contributed by atoms with van der Waals surface area (Å²) in [5.74, 6) is 0. The molecule has 2 nitrogen and oxygen atoms in total. The first-order valence-corrected chi connectivity index (χ1v) is 7.37. The molecule has 2 heteroatoms. The summed E-state index contributed by atoms with van der Waals surface area (Å²) in [6.45, 7) is 15.7. The van der Waals surface area contributed by atoms with Crippen LogP contribution in [0.15, 0.2) is 18.2 Å². The van der Waals surface area contributed by atoms with Crippen molar-refractivity contribution in [2.75, 3.05) is 20.1 Å². The van der Waals surface area contributed by atoms with Gasteiger partial charge in [0.05, 0.1) is 6.04 Å². The van der Waals surface area contributed by atoms with Crippen molar-refractivity contribution in [3.63, 3.8) is 0 Å². The van der Waals surface area contributed by atoms with Crippen LogP contribution < -0.4 is 5.32 Å². The Hall–Kier alpha value is -0.860. The van der Waals surface area contributed by atoms with Gasteiger partial charge in [-0.2, -0.15) is 0 Å². The minimum atomic E-state index is 0.0941. The second kappa shape index (κ2) is 6.53. The average Bonchev–Trinajstić information content (AvgIpc) is 2.35. The molecule has 1 aromatic rings. The quantitative estimate of drug-likeness (QED) is 0.841. The van der Waals surface area contributed by atoms with Crippen LogP contribution in [0.1, 0.15) is 50.4 Å². The summed E-state index contributed by atoms with van der Waals surface area (Å²) in [5.41, 5.74) is 4.21. The van der Waals surface area contributed by atoms with Gasteiger partial charge in [-0.15, -0.1) is 0 Å². The van der Waals surface area contributed by atoms with Crippen molar-refractivity contribution in [3.8, 4) is 0 Å². The highest BCUT2D eigenvalue weighted by Crippen LogP contribution is 2.32. The van der Waals surface area contributed by atoms with E-state index in [9.17, 15) is 0 Å². The first-order valence-electron chi connectivity index (χ1n) is 7.37. The molecule has 1 atom stereocenters. The lowest BCUT2D eigenvalue weighted by Gasteiger charge is -2.44. The van der Waals surface area contributed by atoms with Crippen LogP contribution in [0.25, 0.3) is 0 Å². The van der Waals surface area contributed by atoms with Gasteiger partial charge < -0.3 is 5.32 Å². The minimum Gasteiger partial charge on any atom is -0.311 e. The Morgan fingerprint density at radius 3 is 2.21 bits per heavy atom. The average molecular weight is 262 g/mol. The third-order valence-corrected chi connectivity index (χ3v) is 4.32. The maximum Gasteiger partial charge on any atom is 0.0502 e. The molecule has 0 saturated heterocycles. The molecule has 0 radical (unpaired) electrons. The Kier molecular flexibility index (Phi) is 5.57. The molecule has 1 aromatic carbocycles. The van der Waals surface area contributed by atoms with E-state index >= 15 is 0 Å². The summed E-state index contributed by atoms with van der Waals surface area (Å²) in [4.78, 5) is 2.52. The predicted molar refractivity (Wildman–Crippen MR) is 84.7 cm³/mol. The summed E-state index contributed by atoms with van der Waals surface area (Å²) in [7, 11) is 2.07. The minimum absolute atomic E-state index is 0.0941. The number of benzene rings is 1. The van der Waals surface area contributed by atoms with E-state index < -0.39 is 0 Å². The standard InChI is InChI=1S/C17H30N2/c1-8-19(9-2)17(5,6)16(18-7)15-12-13(3)10-11-14(15)4/h10-12,16,18H,8-9H2,1-7H3. The van der Waals surface area contributed by atoms with Crippen LogP contribution in [0.2, 0.25) is 0 Å². The third kappa shape index (κ3) is 3.37. The zero-order chi connectivity index (χ0) is 14.6. The van der Waals surface area contributed by atoms with Gasteiger partial charge in [0.1, 0.15) is 0 Å². The van der Waals surface area contributed by atoms with Gasteiger partial charge in [-0.05, 0) is 59.0 Å². The maximum absolute atomic E-state index is 3.53. The van der Waals surface area contributed by atoms with E-state index in [-0.39, 0.29) is 5.54 Å². The number of likely N-dealkylation sites (N-methyl/N-ethyl adjacent to an activating group) is 2. The Labute approximate surface area is 119 Å². The second-order valence-corrected chi connectivity index (χ2v) is 5.91. The number of nitrogens with zero attached hydrogens (tertiary/aromatic N) is 1. The van der Waals surface area contributed by atoms with Gasteiger partial charge in [0.2, 0.25) is 0 Å². The highest BCUT2D eigenvalue weighted by molar-refractivity contribution is 5.35. The van der Waals surface area contributed by atoms with Gasteiger partial charge >= 0.3 is 0 Å². The van der Waals surface area contributed by atoms with E-state index in [1.807, 2.05) is 0 Å². The molecule has 0 bridgehead atoms. The van der Waals surface area contributed by atoms with Crippen molar-refractivity contribution < 1.29 is 0 Å². The smallest absolute Gasteiger partial charge is 0.0502 e. The Morgan fingerprint density at radius 2 is 1.74 bits per heavy atom. The molecular weight excluding hydrogens is 232 g/mol. The topological polar surface area (TPSA) is 15.3 Å². The fourth-order valence-electron chi connectivity index (χ4n) is 3.18. The van der Waals surface area contributed by atoms with E-state index in [1.165, 1.54) is 16.7 Å². The molecule has 0 fully saturated rings. The first-order chi connectivity index (χ1) is 8.88. The van der Waals surface area contributed by atoms with Gasteiger partial charge in [0, 0.05) is 5.54 Å². The molecule has 0 spiro atoms. The van der Waals surface area contributed by atoms with Crippen molar-refractivity contribution in [2.24, 2.45) is 0 Å². The summed E-state index contributed by atoms with van der Waals surface area (Å²) in [6, 6.07) is 7.08. The Bertz CT molecular complexity index is 406. The van der Waals surface area contributed by atoms with Gasteiger partial charge in [0.25, 0.3) is 0 Å². The lowest BCUT2D eigenvalue weighted by atomic mass is 9.84. The fraction of sp³-hybridized carbons (Fsp3) is 0.647. The zero-order valence-corrected chi connectivity index (χ0v) is 13.7. The van der Waals surface area contributed by atoms with Crippen molar-refractivity contribution >= 4 is 0 Å². The predicted octanol–water partition coefficient (Wildman–Crippen LogP) is 3.68. The summed E-state index contributed by atoms with van der Waals surface area (Å²) in [5, 5.41) is 3.53. The van der Waals surface area contributed by atoms with Crippen LogP contribution >= 0.6 is 0 Å². The van der Waals surface area contributed by atoms with Crippen molar-refractivity contribution in [2.45, 2.75) is 53.1 Å². The van der Waals surface area contributed by atoms with Crippen LogP contribution in [0.3, 0.4) is 0 Å². The molecule has 0 aliphatic heterocycles. The Balaban J connectivity index is 3.22.